The molecule has 1 saturated heterocycles. The number of aromatic nitrogens is 2. The molecule has 10 nitrogen and oxygen atoms in total. The number of nitrogens with zero attached hydrogens (tertiary/aromatic N) is 4. The molecular weight excluding hydrogens is 569 g/mol. The second-order valence-electron chi connectivity index (χ2n) is 11.1. The molecule has 1 unspecified atom stereocenters. The Bertz CT molecular complexity index is 1620. The molecule has 4 heterocycles. The lowest BCUT2D eigenvalue weighted by atomic mass is 10.1. The van der Waals surface area contributed by atoms with Crippen LogP contribution in [0.2, 0.25) is 0 Å². The van der Waals surface area contributed by atoms with Crippen LogP contribution in [0.4, 0.5) is 14.9 Å². The number of fused-ring (bicyclic) bond motifs is 1. The van der Waals surface area contributed by atoms with Gasteiger partial charge in [-0.2, -0.15) is 0 Å². The number of carbonyl (C=O) groups excluding carboxylic acids is 2. The van der Waals surface area contributed by atoms with Gasteiger partial charge in [-0.3, -0.25) is 24.6 Å². The highest BCUT2D eigenvalue weighted by Gasteiger charge is 2.24. The molecule has 2 fully saturated rings. The zero-order valence-electron chi connectivity index (χ0n) is 23.9. The predicted octanol–water partition coefficient (Wildman–Crippen LogP) is 4.96. The Morgan fingerprint density at radius 2 is 1.91 bits per heavy atom. The number of piperazine rings is 1. The van der Waals surface area contributed by atoms with E-state index in [0.717, 1.165) is 71.9 Å². The first-order valence-electron chi connectivity index (χ1n) is 14.4. The number of hydrogen-bond acceptors (Lipinski definition) is 8. The van der Waals surface area contributed by atoms with Crippen LogP contribution < -0.4 is 21.1 Å². The van der Waals surface area contributed by atoms with Crippen LogP contribution in [-0.2, 0) is 11.3 Å². The molecule has 4 N–H and O–H groups in total. The minimum Gasteiger partial charge on any atom is -0.453 e. The zero-order chi connectivity index (χ0) is 29.9. The van der Waals surface area contributed by atoms with Gasteiger partial charge in [-0.1, -0.05) is 6.07 Å². The number of hydrogen-bond donors (Lipinski definition) is 3. The molecular formula is C31H34FN7O3S. The van der Waals surface area contributed by atoms with Crippen LogP contribution in [0.5, 0.6) is 11.5 Å². The SMILES string of the molecule is CC(CC(N)=O)N1CCN(Cc2ccc(-c3cc4nccc(Oc5ccc(NC(=O)NC6CC6)cc5F)c4s3)nc2)CC1. The zero-order valence-corrected chi connectivity index (χ0v) is 24.7. The van der Waals surface area contributed by atoms with Gasteiger partial charge >= 0.3 is 6.03 Å². The van der Waals surface area contributed by atoms with Gasteiger partial charge in [-0.05, 0) is 49.6 Å². The van der Waals surface area contributed by atoms with E-state index in [1.54, 1.807) is 18.3 Å². The second kappa shape index (κ2) is 12.6. The molecule has 0 radical (unpaired) electrons. The minimum atomic E-state index is -0.579. The standard InChI is InChI=1S/C31H34FN7O3S/c1-19(14-29(33)40)39-12-10-38(11-13-39)18-20-2-6-24(35-17-20)28-16-25-30(43-28)27(8-9-34-25)42-26-7-5-22(15-23(26)32)37-31(41)36-21-3-4-21/h2,5-9,15-17,19,21H,3-4,10-14,18H2,1H3,(H2,33,40)(H2,36,37,41). The number of rotatable bonds is 10. The topological polar surface area (TPSA) is 126 Å². The van der Waals surface area contributed by atoms with Gasteiger partial charge in [0.1, 0.15) is 5.75 Å². The van der Waals surface area contributed by atoms with Crippen molar-refractivity contribution in [2.45, 2.75) is 44.8 Å². The average Bonchev–Trinajstić information content (AvgIpc) is 3.68. The smallest absolute Gasteiger partial charge is 0.319 e. The van der Waals surface area contributed by atoms with Crippen molar-refractivity contribution in [3.05, 3.63) is 66.2 Å². The number of benzene rings is 1. The third-order valence-electron chi connectivity index (χ3n) is 7.71. The summed E-state index contributed by atoms with van der Waals surface area (Å²) in [5.41, 5.74) is 8.41. The molecule has 1 aliphatic carbocycles. The van der Waals surface area contributed by atoms with E-state index in [-0.39, 0.29) is 29.8 Å². The number of pyridine rings is 2. The van der Waals surface area contributed by atoms with Crippen molar-refractivity contribution in [2.75, 3.05) is 31.5 Å². The number of nitrogens with two attached hydrogens (primary N) is 1. The van der Waals surface area contributed by atoms with Crippen molar-refractivity contribution in [2.24, 2.45) is 5.73 Å². The summed E-state index contributed by atoms with van der Waals surface area (Å²) < 4.78 is 21.7. The maximum absolute atomic E-state index is 14.9. The van der Waals surface area contributed by atoms with Crippen LogP contribution in [0, 0.1) is 5.82 Å². The monoisotopic (exact) mass is 603 g/mol. The first-order chi connectivity index (χ1) is 20.8. The fourth-order valence-electron chi connectivity index (χ4n) is 5.19. The van der Waals surface area contributed by atoms with Gasteiger partial charge in [0.15, 0.2) is 11.6 Å². The number of urea groups is 1. The number of nitrogens with one attached hydrogen (secondary N) is 2. The van der Waals surface area contributed by atoms with Crippen LogP contribution in [0.15, 0.2) is 54.9 Å². The summed E-state index contributed by atoms with van der Waals surface area (Å²) in [6.07, 6.45) is 5.87. The molecule has 1 saturated carbocycles. The molecule has 0 bridgehead atoms. The molecule has 0 spiro atoms. The van der Waals surface area contributed by atoms with Gasteiger partial charge in [0.2, 0.25) is 5.91 Å². The summed E-state index contributed by atoms with van der Waals surface area (Å²) in [5, 5.41) is 5.47. The van der Waals surface area contributed by atoms with Crippen LogP contribution in [0.1, 0.15) is 31.7 Å². The lowest BCUT2D eigenvalue weighted by molar-refractivity contribution is -0.119. The third-order valence-corrected chi connectivity index (χ3v) is 8.87. The van der Waals surface area contributed by atoms with Gasteiger partial charge in [0, 0.05) is 81.4 Å². The molecule has 4 aromatic rings. The van der Waals surface area contributed by atoms with E-state index in [2.05, 4.69) is 31.5 Å². The molecule has 6 rings (SSSR count). The van der Waals surface area contributed by atoms with Crippen molar-refractivity contribution in [1.82, 2.24) is 25.1 Å². The van der Waals surface area contributed by atoms with Gasteiger partial charge in [0.25, 0.3) is 0 Å². The minimum absolute atomic E-state index is 0.0567. The van der Waals surface area contributed by atoms with Crippen LogP contribution in [0.3, 0.4) is 0 Å². The fraction of sp³-hybridized carbons (Fsp3) is 0.355. The van der Waals surface area contributed by atoms with Gasteiger partial charge < -0.3 is 21.1 Å². The normalized spacial score (nSPS) is 16.6. The second-order valence-corrected chi connectivity index (χ2v) is 12.2. The van der Waals surface area contributed by atoms with E-state index in [0.29, 0.717) is 17.9 Å². The van der Waals surface area contributed by atoms with E-state index in [1.165, 1.54) is 23.5 Å². The van der Waals surface area contributed by atoms with E-state index in [4.69, 9.17) is 15.5 Å². The number of amides is 3. The van der Waals surface area contributed by atoms with Crippen LogP contribution in [0.25, 0.3) is 20.8 Å². The lowest BCUT2D eigenvalue weighted by Gasteiger charge is -2.37. The molecule has 1 atom stereocenters. The summed E-state index contributed by atoms with van der Waals surface area (Å²) in [4.78, 5) is 38.1. The highest BCUT2D eigenvalue weighted by molar-refractivity contribution is 7.22. The lowest BCUT2D eigenvalue weighted by Crippen LogP contribution is -2.49. The van der Waals surface area contributed by atoms with E-state index < -0.39 is 5.82 Å². The van der Waals surface area contributed by atoms with Crippen LogP contribution in [-0.4, -0.2) is 70.0 Å². The Hall–Kier alpha value is -4.13. The Balaban J connectivity index is 1.09. The number of ether oxygens (including phenoxy) is 1. The molecule has 3 amide bonds. The van der Waals surface area contributed by atoms with Crippen molar-refractivity contribution in [3.63, 3.8) is 0 Å². The Morgan fingerprint density at radius 1 is 1.09 bits per heavy atom. The van der Waals surface area contributed by atoms with Crippen molar-refractivity contribution in [3.8, 4) is 22.1 Å². The molecule has 43 heavy (non-hydrogen) atoms. The Kier molecular flexibility index (Phi) is 8.50. The van der Waals surface area contributed by atoms with Crippen LogP contribution >= 0.6 is 11.3 Å². The van der Waals surface area contributed by atoms with Gasteiger partial charge in [-0.25, -0.2) is 9.18 Å². The third kappa shape index (κ3) is 7.27. The highest BCUT2D eigenvalue weighted by atomic mass is 32.1. The fourth-order valence-corrected chi connectivity index (χ4v) is 6.23. The molecule has 224 valence electrons. The summed E-state index contributed by atoms with van der Waals surface area (Å²) in [6, 6.07) is 12.2. The van der Waals surface area contributed by atoms with Crippen molar-refractivity contribution in [1.29, 1.82) is 0 Å². The number of primary amides is 1. The van der Waals surface area contributed by atoms with E-state index in [1.807, 2.05) is 25.3 Å². The molecule has 12 heteroatoms. The maximum atomic E-state index is 14.9. The number of halogens is 1. The Morgan fingerprint density at radius 3 is 2.60 bits per heavy atom. The molecule has 1 aliphatic heterocycles. The first kappa shape index (κ1) is 29.0. The van der Waals surface area contributed by atoms with Gasteiger partial charge in [-0.15, -0.1) is 11.3 Å². The van der Waals surface area contributed by atoms with Crippen molar-refractivity contribution < 1.29 is 18.7 Å². The van der Waals surface area contributed by atoms with E-state index >= 15 is 0 Å². The first-order valence-corrected chi connectivity index (χ1v) is 15.3. The molecule has 3 aromatic heterocycles. The summed E-state index contributed by atoms with van der Waals surface area (Å²) in [6.45, 7) is 6.51. The molecule has 2 aliphatic rings. The predicted molar refractivity (Wildman–Crippen MR) is 165 cm³/mol. The number of thiophene rings is 1. The average molecular weight is 604 g/mol. The molecule has 1 aromatic carbocycles. The largest absolute Gasteiger partial charge is 0.453 e. The summed E-state index contributed by atoms with van der Waals surface area (Å²) in [5.74, 6) is -0.290. The highest BCUT2D eigenvalue weighted by Crippen LogP contribution is 2.39. The Labute approximate surface area is 253 Å². The van der Waals surface area contributed by atoms with Crippen molar-refractivity contribution >= 4 is 39.2 Å². The number of anilines is 1. The summed E-state index contributed by atoms with van der Waals surface area (Å²) >= 11 is 1.49. The summed E-state index contributed by atoms with van der Waals surface area (Å²) in [7, 11) is 0. The van der Waals surface area contributed by atoms with Gasteiger partial charge in [0.05, 0.1) is 20.8 Å². The van der Waals surface area contributed by atoms with E-state index in [9.17, 15) is 14.0 Å². The maximum Gasteiger partial charge on any atom is 0.319 e. The quantitative estimate of drug-likeness (QED) is 0.234. The number of carbonyl (C=O) groups is 2.